The number of urea groups is 1. The first-order valence-electron chi connectivity index (χ1n) is 8.63. The summed E-state index contributed by atoms with van der Waals surface area (Å²) in [5.74, 6) is -0.0105. The monoisotopic (exact) mass is 460 g/mol. The smallest absolute Gasteiger partial charge is 0.329 e. The molecule has 0 atom stereocenters. The molecule has 1 N–H and O–H groups in total. The Kier molecular flexibility index (Phi) is 6.33. The first kappa shape index (κ1) is 20.6. The summed E-state index contributed by atoms with van der Waals surface area (Å²) in [7, 11) is 1.48. The third-order valence-electron chi connectivity index (χ3n) is 4.17. The van der Waals surface area contributed by atoms with Gasteiger partial charge in [-0.2, -0.15) is 0 Å². The van der Waals surface area contributed by atoms with Gasteiger partial charge in [0.15, 0.2) is 11.5 Å². The second-order valence-corrected chi connectivity index (χ2v) is 6.96. The van der Waals surface area contributed by atoms with Crippen LogP contribution in [0.25, 0.3) is 6.08 Å². The molecule has 0 aromatic heterocycles. The van der Waals surface area contributed by atoms with E-state index in [0.717, 1.165) is 4.90 Å². The average molecular weight is 461 g/mol. The van der Waals surface area contributed by atoms with Crippen molar-refractivity contribution in [3.63, 3.8) is 0 Å². The third kappa shape index (κ3) is 4.48. The minimum atomic E-state index is -0.503. The van der Waals surface area contributed by atoms with E-state index in [1.54, 1.807) is 30.3 Å². The van der Waals surface area contributed by atoms with E-state index >= 15 is 0 Å². The molecule has 1 aliphatic rings. The number of methoxy groups -OCH3 is 1. The number of amides is 3. The lowest BCUT2D eigenvalue weighted by Gasteiger charge is -2.14. The summed E-state index contributed by atoms with van der Waals surface area (Å²) in [4.78, 5) is 25.3. The van der Waals surface area contributed by atoms with E-state index in [1.807, 2.05) is 0 Å². The lowest BCUT2D eigenvalue weighted by Crippen LogP contribution is -2.30. The molecule has 3 rings (SSSR count). The number of benzene rings is 2. The average Bonchev–Trinajstić information content (AvgIpc) is 2.95. The van der Waals surface area contributed by atoms with Crippen molar-refractivity contribution in [2.45, 2.75) is 6.61 Å². The summed E-state index contributed by atoms with van der Waals surface area (Å²) in [6.45, 7) is 3.68. The Morgan fingerprint density at radius 3 is 2.72 bits per heavy atom. The van der Waals surface area contributed by atoms with Crippen molar-refractivity contribution in [3.05, 3.63) is 76.2 Å². The van der Waals surface area contributed by atoms with Gasteiger partial charge in [-0.1, -0.05) is 24.3 Å². The number of imide groups is 1. The zero-order valence-electron chi connectivity index (χ0n) is 15.6. The molecule has 0 aliphatic carbocycles. The number of halogens is 2. The first-order valence-corrected chi connectivity index (χ1v) is 9.43. The van der Waals surface area contributed by atoms with E-state index in [1.165, 1.54) is 25.3 Å². The summed E-state index contributed by atoms with van der Waals surface area (Å²) in [6.07, 6.45) is 3.01. The molecule has 6 nitrogen and oxygen atoms in total. The standard InChI is InChI=1S/C21H18BrFN2O4/c1-3-8-25-20(26)17(24-21(25)27)10-13-9-15(22)19(18(11-13)28-2)29-12-14-6-4-5-7-16(14)23/h3-7,9-11H,1,8,12H2,2H3,(H,24,27)/b17-10+. The zero-order chi connectivity index (χ0) is 21.0. The number of carbonyl (C=O) groups is 2. The highest BCUT2D eigenvalue weighted by atomic mass is 79.9. The van der Waals surface area contributed by atoms with E-state index in [0.29, 0.717) is 27.1 Å². The van der Waals surface area contributed by atoms with Gasteiger partial charge in [-0.3, -0.25) is 9.69 Å². The van der Waals surface area contributed by atoms with Gasteiger partial charge in [-0.15, -0.1) is 6.58 Å². The fraction of sp³-hybridized carbons (Fsp3) is 0.143. The maximum atomic E-state index is 13.8. The quantitative estimate of drug-likeness (QED) is 0.380. The fourth-order valence-electron chi connectivity index (χ4n) is 2.76. The third-order valence-corrected chi connectivity index (χ3v) is 4.76. The molecule has 0 radical (unpaired) electrons. The molecule has 0 unspecified atom stereocenters. The van der Waals surface area contributed by atoms with Crippen LogP contribution in [0.15, 0.2) is 59.2 Å². The summed E-state index contributed by atoms with van der Waals surface area (Å²) >= 11 is 3.42. The van der Waals surface area contributed by atoms with Gasteiger partial charge < -0.3 is 14.8 Å². The molecule has 0 saturated carbocycles. The van der Waals surface area contributed by atoms with Crippen LogP contribution >= 0.6 is 15.9 Å². The Morgan fingerprint density at radius 1 is 1.28 bits per heavy atom. The van der Waals surface area contributed by atoms with Gasteiger partial charge in [0.1, 0.15) is 18.1 Å². The summed E-state index contributed by atoms with van der Waals surface area (Å²) in [6, 6.07) is 9.20. The second kappa shape index (κ2) is 8.91. The molecule has 1 aliphatic heterocycles. The largest absolute Gasteiger partial charge is 0.493 e. The van der Waals surface area contributed by atoms with Crippen molar-refractivity contribution in [1.82, 2.24) is 10.2 Å². The Bertz CT molecular complexity index is 1010. The molecular weight excluding hydrogens is 443 g/mol. The van der Waals surface area contributed by atoms with E-state index in [4.69, 9.17) is 9.47 Å². The Labute approximate surface area is 175 Å². The van der Waals surface area contributed by atoms with Gasteiger partial charge in [-0.25, -0.2) is 9.18 Å². The topological polar surface area (TPSA) is 67.9 Å². The van der Waals surface area contributed by atoms with Gasteiger partial charge in [0.25, 0.3) is 5.91 Å². The highest BCUT2D eigenvalue weighted by molar-refractivity contribution is 9.10. The van der Waals surface area contributed by atoms with Crippen LogP contribution in [0.5, 0.6) is 11.5 Å². The number of rotatable bonds is 7. The van der Waals surface area contributed by atoms with Gasteiger partial charge >= 0.3 is 6.03 Å². The predicted octanol–water partition coefficient (Wildman–Crippen LogP) is 4.25. The Hall–Kier alpha value is -3.13. The normalized spacial score (nSPS) is 14.9. The molecule has 2 aromatic rings. The second-order valence-electron chi connectivity index (χ2n) is 6.11. The number of nitrogens with zero attached hydrogens (tertiary/aromatic N) is 1. The maximum Gasteiger partial charge on any atom is 0.329 e. The molecule has 29 heavy (non-hydrogen) atoms. The lowest BCUT2D eigenvalue weighted by molar-refractivity contribution is -0.122. The minimum Gasteiger partial charge on any atom is -0.493 e. The van der Waals surface area contributed by atoms with Crippen molar-refractivity contribution in [3.8, 4) is 11.5 Å². The summed E-state index contributed by atoms with van der Waals surface area (Å²) in [5, 5.41) is 2.53. The molecular formula is C21H18BrFN2O4. The number of carbonyl (C=O) groups excluding carboxylic acids is 2. The molecule has 1 heterocycles. The molecule has 0 bridgehead atoms. The van der Waals surface area contributed by atoms with Crippen LogP contribution in [0.2, 0.25) is 0 Å². The lowest BCUT2D eigenvalue weighted by atomic mass is 10.1. The van der Waals surface area contributed by atoms with E-state index in [2.05, 4.69) is 27.8 Å². The zero-order valence-corrected chi connectivity index (χ0v) is 17.2. The van der Waals surface area contributed by atoms with Crippen molar-refractivity contribution in [1.29, 1.82) is 0 Å². The molecule has 1 saturated heterocycles. The number of ether oxygens (including phenoxy) is 2. The van der Waals surface area contributed by atoms with Crippen molar-refractivity contribution in [2.24, 2.45) is 0 Å². The molecule has 150 valence electrons. The van der Waals surface area contributed by atoms with Crippen molar-refractivity contribution < 1.29 is 23.5 Å². The summed E-state index contributed by atoms with van der Waals surface area (Å²) in [5.41, 5.74) is 1.16. The maximum absolute atomic E-state index is 13.8. The summed E-state index contributed by atoms with van der Waals surface area (Å²) < 4.78 is 25.5. The van der Waals surface area contributed by atoms with E-state index in [9.17, 15) is 14.0 Å². The van der Waals surface area contributed by atoms with Crippen LogP contribution in [0.3, 0.4) is 0 Å². The number of nitrogens with one attached hydrogen (secondary N) is 1. The predicted molar refractivity (Wildman–Crippen MR) is 110 cm³/mol. The highest BCUT2D eigenvalue weighted by Gasteiger charge is 2.32. The van der Waals surface area contributed by atoms with Crippen LogP contribution in [-0.4, -0.2) is 30.5 Å². The molecule has 1 fully saturated rings. The van der Waals surface area contributed by atoms with Crippen LogP contribution < -0.4 is 14.8 Å². The SMILES string of the molecule is C=CCN1C(=O)N/C(=C/c2cc(Br)c(OCc3ccccc3F)c(OC)c2)C1=O. The first-order chi connectivity index (χ1) is 13.9. The van der Waals surface area contributed by atoms with Gasteiger partial charge in [0, 0.05) is 12.1 Å². The minimum absolute atomic E-state index is 0.0210. The van der Waals surface area contributed by atoms with Crippen LogP contribution in [0.4, 0.5) is 9.18 Å². The highest BCUT2D eigenvalue weighted by Crippen LogP contribution is 2.38. The van der Waals surface area contributed by atoms with Gasteiger partial charge in [0.2, 0.25) is 0 Å². The van der Waals surface area contributed by atoms with Gasteiger partial charge in [-0.05, 0) is 45.8 Å². The number of hydrogen-bond acceptors (Lipinski definition) is 4. The Balaban J connectivity index is 1.85. The van der Waals surface area contributed by atoms with E-state index in [-0.39, 0.29) is 24.7 Å². The van der Waals surface area contributed by atoms with Crippen LogP contribution in [0, 0.1) is 5.82 Å². The van der Waals surface area contributed by atoms with Crippen LogP contribution in [0.1, 0.15) is 11.1 Å². The molecule has 0 spiro atoms. The number of hydrogen-bond donors (Lipinski definition) is 1. The van der Waals surface area contributed by atoms with E-state index < -0.39 is 11.9 Å². The fourth-order valence-corrected chi connectivity index (χ4v) is 3.34. The Morgan fingerprint density at radius 2 is 2.03 bits per heavy atom. The van der Waals surface area contributed by atoms with Gasteiger partial charge in [0.05, 0.1) is 11.6 Å². The van der Waals surface area contributed by atoms with Crippen molar-refractivity contribution >= 4 is 33.9 Å². The van der Waals surface area contributed by atoms with Crippen molar-refractivity contribution in [2.75, 3.05) is 13.7 Å². The molecule has 3 amide bonds. The molecule has 2 aromatic carbocycles. The van der Waals surface area contributed by atoms with Crippen LogP contribution in [-0.2, 0) is 11.4 Å². The molecule has 8 heteroatoms.